The van der Waals surface area contributed by atoms with Gasteiger partial charge in [0.25, 0.3) is 0 Å². The maximum absolute atomic E-state index is 9.70. The topological polar surface area (TPSA) is 46.2 Å². The Labute approximate surface area is 101 Å². The molecule has 0 saturated heterocycles. The molecule has 1 aliphatic rings. The van der Waals surface area contributed by atoms with Crippen molar-refractivity contribution in [2.75, 3.05) is 0 Å². The molecule has 88 valence electrons. The maximum Gasteiger partial charge on any atom is 0.137 e. The van der Waals surface area contributed by atoms with Crippen molar-refractivity contribution in [2.24, 2.45) is 5.73 Å². The van der Waals surface area contributed by atoms with Crippen molar-refractivity contribution in [3.8, 4) is 5.75 Å². The number of phenolic OH excluding ortho intramolecular Hbond substituents is 1. The molecule has 3 N–H and O–H groups in total. The van der Waals surface area contributed by atoms with E-state index in [0.29, 0.717) is 5.02 Å². The molecule has 0 bridgehead atoms. The highest BCUT2D eigenvalue weighted by atomic mass is 35.5. The number of hydrogen-bond acceptors (Lipinski definition) is 2. The molecule has 16 heavy (non-hydrogen) atoms. The number of aryl methyl sites for hydroxylation is 2. The Hall–Kier alpha value is -0.730. The van der Waals surface area contributed by atoms with Crippen LogP contribution in [-0.2, 0) is 6.42 Å². The molecule has 2 rings (SSSR count). The summed E-state index contributed by atoms with van der Waals surface area (Å²) < 4.78 is 0. The SMILES string of the molecule is Cc1cc(CCC2(N)CC2)c(C)c(Cl)c1O. The van der Waals surface area contributed by atoms with E-state index >= 15 is 0 Å². The fourth-order valence-corrected chi connectivity index (χ4v) is 2.25. The summed E-state index contributed by atoms with van der Waals surface area (Å²) in [6, 6.07) is 2.02. The van der Waals surface area contributed by atoms with Crippen LogP contribution in [0.5, 0.6) is 5.75 Å². The normalized spacial score (nSPS) is 17.5. The van der Waals surface area contributed by atoms with Gasteiger partial charge in [0.05, 0.1) is 5.02 Å². The highest BCUT2D eigenvalue weighted by Crippen LogP contribution is 2.38. The number of hydrogen-bond donors (Lipinski definition) is 2. The summed E-state index contributed by atoms with van der Waals surface area (Å²) in [6.45, 7) is 3.83. The van der Waals surface area contributed by atoms with Gasteiger partial charge in [0.2, 0.25) is 0 Å². The van der Waals surface area contributed by atoms with E-state index in [1.807, 2.05) is 19.9 Å². The average Bonchev–Trinajstić information content (AvgIpc) is 2.98. The van der Waals surface area contributed by atoms with Gasteiger partial charge in [-0.25, -0.2) is 0 Å². The number of rotatable bonds is 3. The summed E-state index contributed by atoms with van der Waals surface area (Å²) in [4.78, 5) is 0. The maximum atomic E-state index is 9.70. The minimum Gasteiger partial charge on any atom is -0.506 e. The van der Waals surface area contributed by atoms with Gasteiger partial charge in [-0.05, 0) is 56.2 Å². The third kappa shape index (κ3) is 2.18. The second-order valence-electron chi connectivity index (χ2n) is 5.00. The standard InChI is InChI=1S/C13H18ClNO/c1-8-7-10(3-4-13(15)5-6-13)9(2)11(14)12(8)16/h7,16H,3-6,15H2,1-2H3. The molecule has 1 aromatic carbocycles. The van der Waals surface area contributed by atoms with Crippen molar-refractivity contribution in [1.29, 1.82) is 0 Å². The lowest BCUT2D eigenvalue weighted by Gasteiger charge is -2.13. The van der Waals surface area contributed by atoms with Crippen LogP contribution in [0, 0.1) is 13.8 Å². The van der Waals surface area contributed by atoms with E-state index in [0.717, 1.165) is 36.8 Å². The monoisotopic (exact) mass is 239 g/mol. The molecular formula is C13H18ClNO. The molecule has 0 aromatic heterocycles. The smallest absolute Gasteiger partial charge is 0.137 e. The minimum atomic E-state index is 0.0741. The van der Waals surface area contributed by atoms with Gasteiger partial charge in [-0.2, -0.15) is 0 Å². The van der Waals surface area contributed by atoms with Crippen LogP contribution in [0.1, 0.15) is 36.0 Å². The van der Waals surface area contributed by atoms with Gasteiger partial charge in [-0.3, -0.25) is 0 Å². The van der Waals surface area contributed by atoms with E-state index in [1.54, 1.807) is 0 Å². The Balaban J connectivity index is 2.20. The predicted molar refractivity (Wildman–Crippen MR) is 67.1 cm³/mol. The summed E-state index contributed by atoms with van der Waals surface area (Å²) in [5, 5.41) is 10.2. The average molecular weight is 240 g/mol. The largest absolute Gasteiger partial charge is 0.506 e. The zero-order chi connectivity index (χ0) is 11.9. The number of nitrogens with two attached hydrogens (primary N) is 1. The van der Waals surface area contributed by atoms with Gasteiger partial charge in [-0.15, -0.1) is 0 Å². The van der Waals surface area contributed by atoms with E-state index in [4.69, 9.17) is 17.3 Å². The van der Waals surface area contributed by atoms with Crippen LogP contribution in [0.2, 0.25) is 5.02 Å². The molecule has 1 aromatic rings. The van der Waals surface area contributed by atoms with Crippen LogP contribution in [-0.4, -0.2) is 10.6 Å². The Morgan fingerprint density at radius 1 is 1.44 bits per heavy atom. The van der Waals surface area contributed by atoms with E-state index in [1.165, 1.54) is 5.56 Å². The Morgan fingerprint density at radius 3 is 2.62 bits per heavy atom. The molecule has 0 heterocycles. The zero-order valence-electron chi connectivity index (χ0n) is 9.81. The van der Waals surface area contributed by atoms with Gasteiger partial charge in [0.15, 0.2) is 0 Å². The molecule has 2 nitrogen and oxygen atoms in total. The molecule has 0 atom stereocenters. The van der Waals surface area contributed by atoms with Crippen molar-refractivity contribution >= 4 is 11.6 Å². The molecule has 0 amide bonds. The Morgan fingerprint density at radius 2 is 2.06 bits per heavy atom. The Kier molecular flexibility index (Phi) is 2.89. The first-order chi connectivity index (χ1) is 7.43. The number of halogens is 1. The van der Waals surface area contributed by atoms with Crippen molar-refractivity contribution in [1.82, 2.24) is 0 Å². The lowest BCUT2D eigenvalue weighted by molar-refractivity contribution is 0.470. The van der Waals surface area contributed by atoms with E-state index in [-0.39, 0.29) is 11.3 Å². The summed E-state index contributed by atoms with van der Waals surface area (Å²) in [7, 11) is 0. The number of aromatic hydroxyl groups is 1. The molecule has 3 heteroatoms. The van der Waals surface area contributed by atoms with Crippen LogP contribution in [0.3, 0.4) is 0 Å². The first-order valence-electron chi connectivity index (χ1n) is 5.69. The minimum absolute atomic E-state index is 0.0741. The molecule has 0 unspecified atom stereocenters. The summed E-state index contributed by atoms with van der Waals surface area (Å²) in [5.74, 6) is 0.205. The van der Waals surface area contributed by atoms with Crippen molar-refractivity contribution in [3.05, 3.63) is 27.8 Å². The quantitative estimate of drug-likeness (QED) is 0.852. The molecular weight excluding hydrogens is 222 g/mol. The van der Waals surface area contributed by atoms with Crippen molar-refractivity contribution in [2.45, 2.75) is 45.1 Å². The van der Waals surface area contributed by atoms with Crippen LogP contribution in [0.15, 0.2) is 6.07 Å². The van der Waals surface area contributed by atoms with Gasteiger partial charge in [0.1, 0.15) is 5.75 Å². The first-order valence-corrected chi connectivity index (χ1v) is 6.07. The van der Waals surface area contributed by atoms with E-state index in [2.05, 4.69) is 0 Å². The molecule has 1 saturated carbocycles. The van der Waals surface area contributed by atoms with Crippen LogP contribution >= 0.6 is 11.6 Å². The van der Waals surface area contributed by atoms with Gasteiger partial charge in [-0.1, -0.05) is 17.7 Å². The highest BCUT2D eigenvalue weighted by molar-refractivity contribution is 6.33. The lowest BCUT2D eigenvalue weighted by atomic mass is 9.97. The predicted octanol–water partition coefficient (Wildman–Crippen LogP) is 3.09. The summed E-state index contributed by atoms with van der Waals surface area (Å²) in [5.41, 5.74) is 9.17. The lowest BCUT2D eigenvalue weighted by Crippen LogP contribution is -2.22. The Bertz CT molecular complexity index is 424. The summed E-state index contributed by atoms with van der Waals surface area (Å²) >= 11 is 6.07. The molecule has 0 spiro atoms. The molecule has 0 aliphatic heterocycles. The summed E-state index contributed by atoms with van der Waals surface area (Å²) in [6.07, 6.45) is 4.23. The second-order valence-corrected chi connectivity index (χ2v) is 5.38. The van der Waals surface area contributed by atoms with Crippen molar-refractivity contribution < 1.29 is 5.11 Å². The van der Waals surface area contributed by atoms with Gasteiger partial charge in [0, 0.05) is 5.54 Å². The van der Waals surface area contributed by atoms with Gasteiger partial charge < -0.3 is 10.8 Å². The third-order valence-corrected chi connectivity index (χ3v) is 4.03. The molecule has 1 aliphatic carbocycles. The fraction of sp³-hybridized carbons (Fsp3) is 0.538. The van der Waals surface area contributed by atoms with Crippen LogP contribution < -0.4 is 5.73 Å². The fourth-order valence-electron chi connectivity index (χ4n) is 1.98. The van der Waals surface area contributed by atoms with Crippen LogP contribution in [0.25, 0.3) is 0 Å². The van der Waals surface area contributed by atoms with E-state index < -0.39 is 0 Å². The zero-order valence-corrected chi connectivity index (χ0v) is 10.6. The first kappa shape index (κ1) is 11.7. The van der Waals surface area contributed by atoms with Crippen molar-refractivity contribution in [3.63, 3.8) is 0 Å². The van der Waals surface area contributed by atoms with E-state index in [9.17, 15) is 5.11 Å². The van der Waals surface area contributed by atoms with Crippen LogP contribution in [0.4, 0.5) is 0 Å². The number of phenols is 1. The molecule has 1 fully saturated rings. The number of benzene rings is 1. The highest BCUT2D eigenvalue weighted by Gasteiger charge is 2.37. The second kappa shape index (κ2) is 3.94. The molecule has 0 radical (unpaired) electrons. The third-order valence-electron chi connectivity index (χ3n) is 3.57. The van der Waals surface area contributed by atoms with Gasteiger partial charge >= 0.3 is 0 Å².